The van der Waals surface area contributed by atoms with E-state index in [9.17, 15) is 18.8 Å². The Kier molecular flexibility index (Phi) is 10.8. The van der Waals surface area contributed by atoms with Gasteiger partial charge in [0.1, 0.15) is 11.8 Å². The lowest BCUT2D eigenvalue weighted by Gasteiger charge is -2.21. The molecule has 2 atom stereocenters. The summed E-state index contributed by atoms with van der Waals surface area (Å²) in [6.45, 7) is 0.492. The van der Waals surface area contributed by atoms with E-state index in [-0.39, 0.29) is 25.4 Å². The number of benzene rings is 1. The van der Waals surface area contributed by atoms with E-state index < -0.39 is 23.8 Å². The van der Waals surface area contributed by atoms with Gasteiger partial charge in [-0.05, 0) is 43.4 Å². The van der Waals surface area contributed by atoms with Crippen LogP contribution in [-0.2, 0) is 20.8 Å². The first-order valence-corrected chi connectivity index (χ1v) is 10.8. The van der Waals surface area contributed by atoms with Gasteiger partial charge in [0.05, 0.1) is 13.3 Å². The molecule has 2 aliphatic heterocycles. The van der Waals surface area contributed by atoms with E-state index in [2.05, 4.69) is 10.6 Å². The van der Waals surface area contributed by atoms with E-state index in [4.69, 9.17) is 9.94 Å². The predicted octanol–water partition coefficient (Wildman–Crippen LogP) is 2.04. The van der Waals surface area contributed by atoms with Crippen LogP contribution in [0.1, 0.15) is 50.5 Å². The van der Waals surface area contributed by atoms with Crippen LogP contribution in [0, 0.1) is 5.92 Å². The average Bonchev–Trinajstić information content (AvgIpc) is 2.77. The van der Waals surface area contributed by atoms with E-state index >= 15 is 0 Å². The Morgan fingerprint density at radius 3 is 2.55 bits per heavy atom. The molecule has 3 amide bonds. The number of hydrogen-bond donors (Lipinski definition) is 4. The molecule has 2 heterocycles. The quantitative estimate of drug-likeness (QED) is 0.282. The Balaban J connectivity index is 2.06. The highest BCUT2D eigenvalue weighted by Crippen LogP contribution is 2.17. The number of nitrogens with one attached hydrogen (secondary N) is 3. The van der Waals surface area contributed by atoms with Crippen LogP contribution in [0.4, 0.5) is 4.39 Å². The summed E-state index contributed by atoms with van der Waals surface area (Å²) in [5.74, 6) is -1.43. The maximum Gasteiger partial charge on any atom is 0.246 e. The number of carbonyl (C=O) groups is 3. The number of hydroxylamine groups is 1. The van der Waals surface area contributed by atoms with Gasteiger partial charge in [-0.2, -0.15) is 0 Å². The highest BCUT2D eigenvalue weighted by atomic mass is 19.1. The molecule has 1 aromatic rings. The predicted molar refractivity (Wildman–Crippen MR) is 112 cm³/mol. The van der Waals surface area contributed by atoms with Crippen molar-refractivity contribution in [2.45, 2.75) is 57.4 Å². The minimum Gasteiger partial charge on any atom is -0.494 e. The molecule has 1 aromatic carbocycles. The van der Waals surface area contributed by atoms with Crippen LogP contribution in [0.2, 0.25) is 0 Å². The fraction of sp³-hybridized carbons (Fsp3) is 0.591. The van der Waals surface area contributed by atoms with Crippen molar-refractivity contribution < 1.29 is 28.7 Å². The van der Waals surface area contributed by atoms with Gasteiger partial charge in [-0.3, -0.25) is 24.0 Å². The number of amides is 3. The first-order valence-electron chi connectivity index (χ1n) is 10.8. The molecule has 2 unspecified atom stereocenters. The van der Waals surface area contributed by atoms with E-state index in [1.165, 1.54) is 0 Å². The van der Waals surface area contributed by atoms with Crippen LogP contribution in [-0.4, -0.2) is 48.8 Å². The third kappa shape index (κ3) is 8.92. The summed E-state index contributed by atoms with van der Waals surface area (Å²) >= 11 is 0. The van der Waals surface area contributed by atoms with Gasteiger partial charge in [0.2, 0.25) is 17.7 Å². The van der Waals surface area contributed by atoms with Crippen molar-refractivity contribution in [3.05, 3.63) is 29.8 Å². The van der Waals surface area contributed by atoms with E-state index in [1.54, 1.807) is 17.6 Å². The monoisotopic (exact) mass is 437 g/mol. The van der Waals surface area contributed by atoms with Crippen molar-refractivity contribution in [2.75, 3.05) is 19.8 Å². The molecule has 172 valence electrons. The number of fused-ring (bicyclic) bond motifs is 11. The van der Waals surface area contributed by atoms with Crippen molar-refractivity contribution in [3.63, 3.8) is 0 Å². The first kappa shape index (κ1) is 24.6. The molecular formula is C22H32FN3O5. The van der Waals surface area contributed by atoms with Crippen molar-refractivity contribution in [2.24, 2.45) is 5.92 Å². The standard InChI is InChI=1S/C22H32FN3O5/c23-11-3-1-2-4-12-24-22(29)19-14-16-7-9-18(10-8-16)31-13-5-6-17(21(28)26-30)15-20(27)25-19/h7-10,17,19,30H,1-6,11-15H2,(H,24,29)(H,25,27)(H,26,28). The average molecular weight is 438 g/mol. The number of rotatable bonds is 8. The molecule has 0 fully saturated rings. The van der Waals surface area contributed by atoms with Gasteiger partial charge in [0.25, 0.3) is 0 Å². The van der Waals surface area contributed by atoms with E-state index in [1.807, 2.05) is 12.1 Å². The zero-order valence-corrected chi connectivity index (χ0v) is 17.7. The first-order chi connectivity index (χ1) is 15.0. The molecule has 8 nitrogen and oxygen atoms in total. The molecule has 0 spiro atoms. The summed E-state index contributed by atoms with van der Waals surface area (Å²) in [4.78, 5) is 37.2. The van der Waals surface area contributed by atoms with E-state index in [0.717, 1.165) is 24.8 Å². The van der Waals surface area contributed by atoms with Crippen molar-refractivity contribution in [1.82, 2.24) is 16.1 Å². The normalized spacial score (nSPS) is 19.6. The summed E-state index contributed by atoms with van der Waals surface area (Å²) in [5, 5.41) is 14.5. The number of unbranched alkanes of at least 4 members (excludes halogenated alkanes) is 3. The molecule has 31 heavy (non-hydrogen) atoms. The number of ether oxygens (including phenoxy) is 1. The zero-order chi connectivity index (χ0) is 22.5. The molecule has 0 saturated heterocycles. The van der Waals surface area contributed by atoms with Gasteiger partial charge >= 0.3 is 0 Å². The molecule has 3 rings (SSSR count). The molecule has 9 heteroatoms. The molecule has 2 aliphatic rings. The Morgan fingerprint density at radius 1 is 1.10 bits per heavy atom. The zero-order valence-electron chi connectivity index (χ0n) is 17.7. The topological polar surface area (TPSA) is 117 Å². The molecule has 0 aliphatic carbocycles. The maximum absolute atomic E-state index is 12.7. The Morgan fingerprint density at radius 2 is 1.84 bits per heavy atom. The number of hydrogen-bond acceptors (Lipinski definition) is 5. The summed E-state index contributed by atoms with van der Waals surface area (Å²) in [6, 6.07) is 6.52. The second-order valence-electron chi connectivity index (χ2n) is 7.73. The van der Waals surface area contributed by atoms with Crippen LogP contribution < -0.4 is 20.9 Å². The van der Waals surface area contributed by atoms with Crippen molar-refractivity contribution >= 4 is 17.7 Å². The fourth-order valence-corrected chi connectivity index (χ4v) is 3.49. The minimum atomic E-state index is -0.800. The van der Waals surface area contributed by atoms with Crippen LogP contribution in [0.5, 0.6) is 5.75 Å². The van der Waals surface area contributed by atoms with Crippen LogP contribution in [0.25, 0.3) is 0 Å². The number of halogens is 1. The van der Waals surface area contributed by atoms with Crippen LogP contribution >= 0.6 is 0 Å². The lowest BCUT2D eigenvalue weighted by molar-refractivity contribution is -0.137. The lowest BCUT2D eigenvalue weighted by atomic mass is 9.97. The molecule has 2 bridgehead atoms. The molecule has 0 saturated carbocycles. The van der Waals surface area contributed by atoms with Crippen molar-refractivity contribution in [1.29, 1.82) is 0 Å². The van der Waals surface area contributed by atoms with Gasteiger partial charge in [-0.15, -0.1) is 0 Å². The van der Waals surface area contributed by atoms with Crippen LogP contribution in [0.15, 0.2) is 24.3 Å². The fourth-order valence-electron chi connectivity index (χ4n) is 3.49. The summed E-state index contributed by atoms with van der Waals surface area (Å²) in [6.07, 6.45) is 3.88. The van der Waals surface area contributed by atoms with Crippen molar-refractivity contribution in [3.8, 4) is 5.75 Å². The third-order valence-corrected chi connectivity index (χ3v) is 5.25. The van der Waals surface area contributed by atoms with Gasteiger partial charge in [-0.25, -0.2) is 5.48 Å². The Bertz CT molecular complexity index is 714. The van der Waals surface area contributed by atoms with Gasteiger partial charge in [0, 0.05) is 25.3 Å². The Labute approximate surface area is 181 Å². The maximum atomic E-state index is 12.7. The van der Waals surface area contributed by atoms with Gasteiger partial charge < -0.3 is 15.4 Å². The number of alkyl halides is 1. The molecular weight excluding hydrogens is 405 g/mol. The summed E-state index contributed by atoms with van der Waals surface area (Å²) in [7, 11) is 0. The van der Waals surface area contributed by atoms with Crippen LogP contribution in [0.3, 0.4) is 0 Å². The third-order valence-electron chi connectivity index (χ3n) is 5.25. The summed E-state index contributed by atoms with van der Waals surface area (Å²) < 4.78 is 17.8. The molecule has 0 aromatic heterocycles. The van der Waals surface area contributed by atoms with E-state index in [0.29, 0.717) is 38.2 Å². The van der Waals surface area contributed by atoms with Gasteiger partial charge in [0.15, 0.2) is 0 Å². The highest BCUT2D eigenvalue weighted by molar-refractivity contribution is 5.90. The second-order valence-corrected chi connectivity index (χ2v) is 7.73. The largest absolute Gasteiger partial charge is 0.494 e. The summed E-state index contributed by atoms with van der Waals surface area (Å²) in [5.41, 5.74) is 2.46. The molecule has 0 radical (unpaired) electrons. The smallest absolute Gasteiger partial charge is 0.246 e. The highest BCUT2D eigenvalue weighted by Gasteiger charge is 2.26. The minimum absolute atomic E-state index is 0.142. The SMILES string of the molecule is O=C1CC(C(=O)NO)CCCOc2ccc(cc2)CC(C(=O)NCCCCCCF)N1. The van der Waals surface area contributed by atoms with Gasteiger partial charge in [-0.1, -0.05) is 25.0 Å². The second kappa shape index (κ2) is 13.6. The molecule has 4 N–H and O–H groups in total. The lowest BCUT2D eigenvalue weighted by Crippen LogP contribution is -2.49. The number of carbonyl (C=O) groups excluding carboxylic acids is 3. The Hall–Kier alpha value is -2.68.